The molecule has 1 aromatic heterocycles. The SMILES string of the molecule is Cc1ccc2c(c1)CCn1c-2cc(OCC2COCCO2)nc1=O. The van der Waals surface area contributed by atoms with Crippen molar-refractivity contribution in [3.63, 3.8) is 0 Å². The van der Waals surface area contributed by atoms with Gasteiger partial charge in [-0.1, -0.05) is 23.8 Å². The number of rotatable bonds is 3. The third kappa shape index (κ3) is 2.95. The zero-order chi connectivity index (χ0) is 16.5. The molecule has 1 unspecified atom stereocenters. The van der Waals surface area contributed by atoms with Crippen molar-refractivity contribution in [1.29, 1.82) is 0 Å². The quantitative estimate of drug-likeness (QED) is 0.856. The molecule has 0 amide bonds. The van der Waals surface area contributed by atoms with Gasteiger partial charge in [-0.25, -0.2) is 4.79 Å². The fourth-order valence-electron chi connectivity index (χ4n) is 3.22. The van der Waals surface area contributed by atoms with Gasteiger partial charge in [-0.15, -0.1) is 0 Å². The smallest absolute Gasteiger partial charge is 0.351 e. The average Bonchev–Trinajstić information content (AvgIpc) is 2.60. The lowest BCUT2D eigenvalue weighted by Gasteiger charge is -2.24. The van der Waals surface area contributed by atoms with E-state index < -0.39 is 0 Å². The monoisotopic (exact) mass is 328 g/mol. The molecule has 2 aliphatic heterocycles. The van der Waals surface area contributed by atoms with E-state index in [1.54, 1.807) is 4.57 Å². The fourth-order valence-corrected chi connectivity index (χ4v) is 3.22. The van der Waals surface area contributed by atoms with E-state index in [1.807, 2.05) is 6.07 Å². The number of fused-ring (bicyclic) bond motifs is 3. The minimum absolute atomic E-state index is 0.116. The predicted molar refractivity (Wildman–Crippen MR) is 88.4 cm³/mol. The van der Waals surface area contributed by atoms with Crippen molar-refractivity contribution in [2.24, 2.45) is 0 Å². The first kappa shape index (κ1) is 15.4. The number of benzene rings is 1. The molecular weight excluding hydrogens is 308 g/mol. The van der Waals surface area contributed by atoms with Gasteiger partial charge in [0, 0.05) is 18.2 Å². The summed E-state index contributed by atoms with van der Waals surface area (Å²) in [6, 6.07) is 8.15. The van der Waals surface area contributed by atoms with Gasteiger partial charge in [-0.2, -0.15) is 4.98 Å². The van der Waals surface area contributed by atoms with E-state index >= 15 is 0 Å². The highest BCUT2D eigenvalue weighted by atomic mass is 16.6. The second-order valence-corrected chi connectivity index (χ2v) is 6.20. The summed E-state index contributed by atoms with van der Waals surface area (Å²) in [6.45, 7) is 4.75. The van der Waals surface area contributed by atoms with Crippen LogP contribution >= 0.6 is 0 Å². The Kier molecular flexibility index (Phi) is 4.08. The molecule has 1 fully saturated rings. The van der Waals surface area contributed by atoms with Crippen LogP contribution in [0.25, 0.3) is 11.3 Å². The summed E-state index contributed by atoms with van der Waals surface area (Å²) in [7, 11) is 0. The number of aryl methyl sites for hydroxylation is 2. The normalized spacial score (nSPS) is 19.5. The van der Waals surface area contributed by atoms with Crippen molar-refractivity contribution >= 4 is 0 Å². The summed E-state index contributed by atoms with van der Waals surface area (Å²) < 4.78 is 18.3. The van der Waals surface area contributed by atoms with Crippen molar-refractivity contribution < 1.29 is 14.2 Å². The Morgan fingerprint density at radius 1 is 1.33 bits per heavy atom. The molecule has 1 aromatic carbocycles. The number of nitrogens with zero attached hydrogens (tertiary/aromatic N) is 2. The number of hydrogen-bond donors (Lipinski definition) is 0. The summed E-state index contributed by atoms with van der Waals surface area (Å²) >= 11 is 0. The Morgan fingerprint density at radius 2 is 2.25 bits per heavy atom. The Hall–Kier alpha value is -2.18. The molecule has 2 aliphatic rings. The molecule has 0 radical (unpaired) electrons. The highest BCUT2D eigenvalue weighted by Gasteiger charge is 2.20. The lowest BCUT2D eigenvalue weighted by Crippen LogP contribution is -2.34. The molecular formula is C18H20N2O4. The number of aromatic nitrogens is 2. The second kappa shape index (κ2) is 6.37. The Balaban J connectivity index is 1.62. The van der Waals surface area contributed by atoms with Gasteiger partial charge in [-0.05, 0) is 18.9 Å². The largest absolute Gasteiger partial charge is 0.475 e. The topological polar surface area (TPSA) is 62.6 Å². The van der Waals surface area contributed by atoms with Gasteiger partial charge >= 0.3 is 5.69 Å². The van der Waals surface area contributed by atoms with Crippen LogP contribution in [0.5, 0.6) is 5.88 Å². The molecule has 0 aliphatic carbocycles. The lowest BCUT2D eigenvalue weighted by atomic mass is 9.96. The lowest BCUT2D eigenvalue weighted by molar-refractivity contribution is -0.102. The standard InChI is InChI=1S/C18H20N2O4/c1-12-2-3-15-13(8-12)4-5-20-16(15)9-17(19-18(20)21)24-11-14-10-22-6-7-23-14/h2-3,8-9,14H,4-7,10-11H2,1H3. The number of ether oxygens (including phenoxy) is 3. The minimum Gasteiger partial charge on any atom is -0.475 e. The van der Waals surface area contributed by atoms with Crippen LogP contribution in [-0.2, 0) is 22.4 Å². The van der Waals surface area contributed by atoms with Crippen molar-refractivity contribution in [2.75, 3.05) is 26.4 Å². The maximum absolute atomic E-state index is 12.3. The first-order chi connectivity index (χ1) is 11.7. The van der Waals surface area contributed by atoms with Crippen molar-refractivity contribution in [1.82, 2.24) is 9.55 Å². The zero-order valence-corrected chi connectivity index (χ0v) is 13.7. The highest BCUT2D eigenvalue weighted by molar-refractivity contribution is 5.66. The van der Waals surface area contributed by atoms with Crippen LogP contribution in [0, 0.1) is 6.92 Å². The molecule has 0 saturated carbocycles. The average molecular weight is 328 g/mol. The molecule has 2 aromatic rings. The van der Waals surface area contributed by atoms with Crippen LogP contribution < -0.4 is 10.4 Å². The van der Waals surface area contributed by atoms with Gasteiger partial charge in [0.25, 0.3) is 0 Å². The summed E-state index contributed by atoms with van der Waals surface area (Å²) in [6.07, 6.45) is 0.730. The first-order valence-corrected chi connectivity index (χ1v) is 8.24. The molecule has 0 bridgehead atoms. The van der Waals surface area contributed by atoms with Gasteiger partial charge in [0.15, 0.2) is 0 Å². The molecule has 1 saturated heterocycles. The van der Waals surface area contributed by atoms with Crippen LogP contribution in [0.1, 0.15) is 11.1 Å². The molecule has 4 rings (SSSR count). The minimum atomic E-state index is -0.269. The molecule has 1 atom stereocenters. The van der Waals surface area contributed by atoms with E-state index in [2.05, 4.69) is 30.1 Å². The highest BCUT2D eigenvalue weighted by Crippen LogP contribution is 2.30. The second-order valence-electron chi connectivity index (χ2n) is 6.20. The van der Waals surface area contributed by atoms with E-state index in [1.165, 1.54) is 11.1 Å². The summed E-state index contributed by atoms with van der Waals surface area (Å²) in [4.78, 5) is 16.4. The van der Waals surface area contributed by atoms with E-state index in [9.17, 15) is 4.79 Å². The molecule has 126 valence electrons. The van der Waals surface area contributed by atoms with Crippen LogP contribution in [0.4, 0.5) is 0 Å². The van der Waals surface area contributed by atoms with Crippen molar-refractivity contribution in [3.05, 3.63) is 45.9 Å². The molecule has 0 spiro atoms. The van der Waals surface area contributed by atoms with Gasteiger partial charge in [0.2, 0.25) is 5.88 Å². The summed E-state index contributed by atoms with van der Waals surface area (Å²) in [5.41, 5.74) is 4.16. The van der Waals surface area contributed by atoms with Gasteiger partial charge < -0.3 is 14.2 Å². The number of hydrogen-bond acceptors (Lipinski definition) is 5. The first-order valence-electron chi connectivity index (χ1n) is 8.24. The molecule has 3 heterocycles. The summed E-state index contributed by atoms with van der Waals surface area (Å²) in [5.74, 6) is 0.342. The van der Waals surface area contributed by atoms with Crippen LogP contribution in [-0.4, -0.2) is 42.1 Å². The molecule has 0 N–H and O–H groups in total. The third-order valence-electron chi connectivity index (χ3n) is 4.43. The van der Waals surface area contributed by atoms with Crippen LogP contribution in [0.3, 0.4) is 0 Å². The van der Waals surface area contributed by atoms with Gasteiger partial charge in [-0.3, -0.25) is 4.57 Å². The van der Waals surface area contributed by atoms with Gasteiger partial charge in [0.1, 0.15) is 12.7 Å². The maximum atomic E-state index is 12.3. The van der Waals surface area contributed by atoms with E-state index in [0.717, 1.165) is 17.7 Å². The van der Waals surface area contributed by atoms with E-state index in [-0.39, 0.29) is 11.8 Å². The van der Waals surface area contributed by atoms with Crippen LogP contribution in [0.15, 0.2) is 29.1 Å². The fraction of sp³-hybridized carbons (Fsp3) is 0.444. The van der Waals surface area contributed by atoms with Gasteiger partial charge in [0.05, 0.1) is 25.5 Å². The van der Waals surface area contributed by atoms with Crippen molar-refractivity contribution in [3.8, 4) is 17.1 Å². The molecule has 24 heavy (non-hydrogen) atoms. The Morgan fingerprint density at radius 3 is 3.08 bits per heavy atom. The Labute approximate surface area is 140 Å². The Bertz CT molecular complexity index is 809. The molecule has 6 nitrogen and oxygen atoms in total. The van der Waals surface area contributed by atoms with E-state index in [0.29, 0.717) is 38.9 Å². The van der Waals surface area contributed by atoms with E-state index in [4.69, 9.17) is 14.2 Å². The third-order valence-corrected chi connectivity index (χ3v) is 4.43. The summed E-state index contributed by atoms with van der Waals surface area (Å²) in [5, 5.41) is 0. The zero-order valence-electron chi connectivity index (χ0n) is 13.7. The maximum Gasteiger partial charge on any atom is 0.351 e. The molecule has 6 heteroatoms. The van der Waals surface area contributed by atoms with Crippen LogP contribution in [0.2, 0.25) is 0 Å². The predicted octanol–water partition coefficient (Wildman–Crippen LogP) is 1.57. The van der Waals surface area contributed by atoms with Crippen molar-refractivity contribution in [2.45, 2.75) is 26.0 Å².